The Bertz CT molecular complexity index is 1300. The quantitative estimate of drug-likeness (QED) is 0.367. The van der Waals surface area contributed by atoms with Crippen molar-refractivity contribution >= 4 is 28.5 Å². The number of fused-ring (bicyclic) bond motifs is 1. The molecule has 0 fully saturated rings. The van der Waals surface area contributed by atoms with Crippen LogP contribution in [0.2, 0.25) is 0 Å². The third-order valence-electron chi connectivity index (χ3n) is 5.20. The first-order valence-electron chi connectivity index (χ1n) is 12.0. The van der Waals surface area contributed by atoms with Crippen LogP contribution in [0.25, 0.3) is 10.8 Å². The Balaban J connectivity index is 2.30. The summed E-state index contributed by atoms with van der Waals surface area (Å²) in [6, 6.07) is 10.4. The van der Waals surface area contributed by atoms with E-state index in [9.17, 15) is 14.7 Å². The number of benzene rings is 2. The highest BCUT2D eigenvalue weighted by molar-refractivity contribution is 5.88. The molecule has 2 aromatic carbocycles. The molecule has 1 aromatic heterocycles. The van der Waals surface area contributed by atoms with E-state index in [0.717, 1.165) is 15.9 Å². The molecule has 1 heterocycles. The highest BCUT2D eigenvalue weighted by Crippen LogP contribution is 2.37. The molecule has 10 nitrogen and oxygen atoms in total. The standard InChI is InChI=1S/C28H35N3O7/c1-27(2,3)37-26(34)31(38-28(4,5)6)30(21-11-9-20-17-29-14-13-18(20)15-21)24(25(32)33)19-10-12-22(35-7)23(16-19)36-8/h9-17,24H,1-8H3,(H,32,33). The van der Waals surface area contributed by atoms with Gasteiger partial charge in [-0.15, -0.1) is 0 Å². The number of anilines is 1. The fraction of sp³-hybridized carbons (Fsp3) is 0.393. The molecular weight excluding hydrogens is 490 g/mol. The number of hydrazine groups is 1. The number of nitrogens with zero attached hydrogens (tertiary/aromatic N) is 3. The Morgan fingerprint density at radius 2 is 1.55 bits per heavy atom. The van der Waals surface area contributed by atoms with Crippen LogP contribution in [0.15, 0.2) is 54.9 Å². The number of carboxylic acids is 1. The van der Waals surface area contributed by atoms with Gasteiger partial charge in [0, 0.05) is 17.8 Å². The van der Waals surface area contributed by atoms with E-state index >= 15 is 0 Å². The second-order valence-corrected chi connectivity index (χ2v) is 10.6. The number of pyridine rings is 1. The summed E-state index contributed by atoms with van der Waals surface area (Å²) in [4.78, 5) is 36.8. The van der Waals surface area contributed by atoms with E-state index in [1.54, 1.807) is 96.4 Å². The van der Waals surface area contributed by atoms with E-state index in [2.05, 4.69) is 4.98 Å². The molecule has 0 aliphatic rings. The number of aromatic nitrogens is 1. The number of carbonyl (C=O) groups excluding carboxylic acids is 1. The van der Waals surface area contributed by atoms with E-state index in [0.29, 0.717) is 22.7 Å². The molecule has 0 aliphatic carbocycles. The summed E-state index contributed by atoms with van der Waals surface area (Å²) < 4.78 is 16.4. The predicted octanol–water partition coefficient (Wildman–Crippen LogP) is 5.77. The van der Waals surface area contributed by atoms with Crippen molar-refractivity contribution in [1.29, 1.82) is 0 Å². The molecule has 10 heteroatoms. The minimum atomic E-state index is -1.43. The topological polar surface area (TPSA) is 111 Å². The van der Waals surface area contributed by atoms with Gasteiger partial charge in [-0.05, 0) is 82.8 Å². The van der Waals surface area contributed by atoms with E-state index in [-0.39, 0.29) is 0 Å². The summed E-state index contributed by atoms with van der Waals surface area (Å²) in [5.41, 5.74) is -1.08. The van der Waals surface area contributed by atoms with Gasteiger partial charge < -0.3 is 19.3 Å². The van der Waals surface area contributed by atoms with Crippen LogP contribution in [0.4, 0.5) is 10.5 Å². The number of methoxy groups -OCH3 is 2. The van der Waals surface area contributed by atoms with Crippen molar-refractivity contribution in [2.24, 2.45) is 0 Å². The Hall–Kier alpha value is -4.05. The lowest BCUT2D eigenvalue weighted by Crippen LogP contribution is -2.54. The van der Waals surface area contributed by atoms with Crippen LogP contribution in [0, 0.1) is 0 Å². The Morgan fingerprint density at radius 3 is 2.13 bits per heavy atom. The largest absolute Gasteiger partial charge is 0.493 e. The Labute approximate surface area is 222 Å². The highest BCUT2D eigenvalue weighted by atomic mass is 16.8. The average Bonchev–Trinajstić information content (AvgIpc) is 2.83. The van der Waals surface area contributed by atoms with Crippen molar-refractivity contribution in [3.63, 3.8) is 0 Å². The van der Waals surface area contributed by atoms with E-state index < -0.39 is 29.3 Å². The Morgan fingerprint density at radius 1 is 0.868 bits per heavy atom. The van der Waals surface area contributed by atoms with Crippen molar-refractivity contribution in [1.82, 2.24) is 10.2 Å². The van der Waals surface area contributed by atoms with Gasteiger partial charge in [-0.1, -0.05) is 17.3 Å². The van der Waals surface area contributed by atoms with Crippen LogP contribution in [0.3, 0.4) is 0 Å². The van der Waals surface area contributed by atoms with E-state index in [1.165, 1.54) is 19.2 Å². The first-order chi connectivity index (χ1) is 17.7. The van der Waals surface area contributed by atoms with Gasteiger partial charge in [0.05, 0.1) is 25.5 Å². The van der Waals surface area contributed by atoms with E-state index in [1.807, 2.05) is 0 Å². The monoisotopic (exact) mass is 525 g/mol. The normalized spacial score (nSPS) is 12.5. The number of aliphatic carboxylic acids is 1. The SMILES string of the molecule is COc1ccc(C(C(=O)O)N(c2ccc3cnccc3c2)N(OC(C)(C)C)C(=O)OC(C)(C)C)cc1OC. The number of amides is 1. The number of carboxylic acid groups (broad SMARTS) is 1. The molecule has 1 atom stereocenters. The van der Waals surface area contributed by atoms with Crippen molar-refractivity contribution < 1.29 is 33.7 Å². The summed E-state index contributed by atoms with van der Waals surface area (Å²) in [6.45, 7) is 10.4. The van der Waals surface area contributed by atoms with Gasteiger partial charge in [0.15, 0.2) is 17.5 Å². The number of hydrogen-bond donors (Lipinski definition) is 1. The van der Waals surface area contributed by atoms with Crippen LogP contribution < -0.4 is 14.5 Å². The van der Waals surface area contributed by atoms with Crippen molar-refractivity contribution in [3.8, 4) is 11.5 Å². The van der Waals surface area contributed by atoms with Crippen molar-refractivity contribution in [2.45, 2.75) is 58.8 Å². The van der Waals surface area contributed by atoms with Gasteiger partial charge in [-0.2, -0.15) is 0 Å². The molecule has 0 saturated carbocycles. The molecule has 0 aliphatic heterocycles. The highest BCUT2D eigenvalue weighted by Gasteiger charge is 2.40. The molecule has 0 saturated heterocycles. The van der Waals surface area contributed by atoms with Crippen LogP contribution >= 0.6 is 0 Å². The number of carbonyl (C=O) groups is 2. The maximum Gasteiger partial charge on any atom is 0.454 e. The zero-order valence-electron chi connectivity index (χ0n) is 23.0. The minimum absolute atomic E-state index is 0.316. The van der Waals surface area contributed by atoms with Crippen LogP contribution in [0.1, 0.15) is 53.1 Å². The third-order valence-corrected chi connectivity index (χ3v) is 5.20. The number of hydroxylamine groups is 1. The van der Waals surface area contributed by atoms with Gasteiger partial charge in [0.25, 0.3) is 0 Å². The number of rotatable bonds is 8. The maximum atomic E-state index is 13.6. The zero-order chi connectivity index (χ0) is 28.3. The molecule has 0 radical (unpaired) electrons. The van der Waals surface area contributed by atoms with Gasteiger partial charge in [-0.25, -0.2) is 19.4 Å². The summed E-state index contributed by atoms with van der Waals surface area (Å²) >= 11 is 0. The molecular formula is C28H35N3O7. The Kier molecular flexibility index (Phi) is 8.36. The smallest absolute Gasteiger partial charge is 0.454 e. The van der Waals surface area contributed by atoms with Gasteiger partial charge >= 0.3 is 12.1 Å². The van der Waals surface area contributed by atoms with Crippen LogP contribution in [-0.4, -0.2) is 52.7 Å². The molecule has 38 heavy (non-hydrogen) atoms. The lowest BCUT2D eigenvalue weighted by Gasteiger charge is -2.41. The van der Waals surface area contributed by atoms with Crippen LogP contribution in [-0.2, 0) is 14.4 Å². The average molecular weight is 526 g/mol. The van der Waals surface area contributed by atoms with Crippen molar-refractivity contribution in [3.05, 3.63) is 60.4 Å². The van der Waals surface area contributed by atoms with Gasteiger partial charge in [-0.3, -0.25) is 4.98 Å². The molecule has 1 amide bonds. The zero-order valence-corrected chi connectivity index (χ0v) is 23.0. The lowest BCUT2D eigenvalue weighted by atomic mass is 10.0. The fourth-order valence-electron chi connectivity index (χ4n) is 3.71. The molecule has 1 unspecified atom stereocenters. The first kappa shape index (κ1) is 28.5. The third kappa shape index (κ3) is 6.83. The molecule has 3 rings (SSSR count). The molecule has 3 aromatic rings. The van der Waals surface area contributed by atoms with Gasteiger partial charge in [0.1, 0.15) is 5.60 Å². The predicted molar refractivity (Wildman–Crippen MR) is 143 cm³/mol. The summed E-state index contributed by atoms with van der Waals surface area (Å²) in [7, 11) is 2.95. The molecule has 0 bridgehead atoms. The second kappa shape index (κ2) is 11.1. The summed E-state index contributed by atoms with van der Waals surface area (Å²) in [5, 5.41) is 14.3. The summed E-state index contributed by atoms with van der Waals surface area (Å²) in [6.07, 6.45) is 2.45. The number of hydrogen-bond acceptors (Lipinski definition) is 8. The summed E-state index contributed by atoms with van der Waals surface area (Å²) in [5.74, 6) is -0.473. The van der Waals surface area contributed by atoms with Crippen LogP contribution in [0.5, 0.6) is 11.5 Å². The molecule has 0 spiro atoms. The first-order valence-corrected chi connectivity index (χ1v) is 12.0. The maximum absolute atomic E-state index is 13.6. The lowest BCUT2D eigenvalue weighted by molar-refractivity contribution is -0.221. The molecule has 1 N–H and O–H groups in total. The number of ether oxygens (including phenoxy) is 3. The van der Waals surface area contributed by atoms with Gasteiger partial charge in [0.2, 0.25) is 0 Å². The fourth-order valence-corrected chi connectivity index (χ4v) is 3.71. The second-order valence-electron chi connectivity index (χ2n) is 10.6. The van der Waals surface area contributed by atoms with Crippen molar-refractivity contribution in [2.75, 3.05) is 19.2 Å². The van der Waals surface area contributed by atoms with E-state index in [4.69, 9.17) is 19.0 Å². The molecule has 204 valence electrons. The minimum Gasteiger partial charge on any atom is -0.493 e.